The molecule has 2 saturated carbocycles. The van der Waals surface area contributed by atoms with E-state index < -0.39 is 17.0 Å². The number of fused-ring (bicyclic) bond motifs is 1. The van der Waals surface area contributed by atoms with Gasteiger partial charge in [-0.15, -0.1) is 5.10 Å². The molecule has 3 aliphatic rings. The van der Waals surface area contributed by atoms with Crippen molar-refractivity contribution in [3.63, 3.8) is 0 Å². The Hall–Kier alpha value is -3.80. The van der Waals surface area contributed by atoms with Gasteiger partial charge in [-0.05, 0) is 68.6 Å². The maximum absolute atomic E-state index is 15.1. The fourth-order valence-electron chi connectivity index (χ4n) is 6.43. The highest BCUT2D eigenvalue weighted by atomic mass is 19.1. The number of esters is 1. The third-order valence-electron chi connectivity index (χ3n) is 8.76. The first-order valence-corrected chi connectivity index (χ1v) is 13.4. The van der Waals surface area contributed by atoms with E-state index in [1.807, 2.05) is 6.07 Å². The average molecular weight is 516 g/mol. The molecule has 0 bridgehead atoms. The summed E-state index contributed by atoms with van der Waals surface area (Å²) >= 11 is 0. The molecule has 3 heterocycles. The van der Waals surface area contributed by atoms with E-state index in [0.29, 0.717) is 42.8 Å². The third-order valence-corrected chi connectivity index (χ3v) is 8.76. The zero-order valence-corrected chi connectivity index (χ0v) is 21.2. The molecule has 2 aliphatic carbocycles. The summed E-state index contributed by atoms with van der Waals surface area (Å²) in [7, 11) is 0. The van der Waals surface area contributed by atoms with E-state index in [2.05, 4.69) is 21.1 Å². The molecular weight excluding hydrogens is 485 g/mol. The van der Waals surface area contributed by atoms with Crippen molar-refractivity contribution < 1.29 is 19.0 Å². The number of benzene rings is 1. The Morgan fingerprint density at radius 3 is 2.71 bits per heavy atom. The second-order valence-corrected chi connectivity index (χ2v) is 11.0. The summed E-state index contributed by atoms with van der Waals surface area (Å²) in [5.74, 6) is 0.0563. The van der Waals surface area contributed by atoms with Crippen molar-refractivity contribution in [3.05, 3.63) is 70.8 Å². The molecule has 6 rings (SSSR count). The molecule has 2 aromatic heterocycles. The van der Waals surface area contributed by atoms with Crippen LogP contribution in [0, 0.1) is 23.1 Å². The van der Waals surface area contributed by atoms with E-state index in [9.17, 15) is 15.2 Å². The number of aromatic nitrogens is 4. The first kappa shape index (κ1) is 24.5. The number of carbonyl (C=O) groups excluding carboxylic acids is 1. The Balaban J connectivity index is 1.23. The highest BCUT2D eigenvalue weighted by molar-refractivity contribution is 5.90. The van der Waals surface area contributed by atoms with Gasteiger partial charge in [0.25, 0.3) is 5.78 Å². The van der Waals surface area contributed by atoms with Gasteiger partial charge in [0, 0.05) is 30.8 Å². The average Bonchev–Trinajstić information content (AvgIpc) is 3.56. The van der Waals surface area contributed by atoms with Crippen molar-refractivity contribution in [1.82, 2.24) is 19.6 Å². The van der Waals surface area contributed by atoms with E-state index in [1.165, 1.54) is 10.6 Å². The van der Waals surface area contributed by atoms with Crippen molar-refractivity contribution in [2.45, 2.75) is 81.6 Å². The van der Waals surface area contributed by atoms with E-state index in [1.54, 1.807) is 24.5 Å². The molecule has 0 amide bonds. The van der Waals surface area contributed by atoms with Crippen molar-refractivity contribution in [1.29, 1.82) is 5.26 Å². The first-order chi connectivity index (χ1) is 18.4. The smallest absolute Gasteiger partial charge is 0.338 e. The minimum absolute atomic E-state index is 0.0161. The van der Waals surface area contributed by atoms with Gasteiger partial charge in [-0.3, -0.25) is 0 Å². The van der Waals surface area contributed by atoms with Gasteiger partial charge in [-0.25, -0.2) is 18.7 Å². The molecule has 9 heteroatoms. The Kier molecular flexibility index (Phi) is 6.13. The van der Waals surface area contributed by atoms with Gasteiger partial charge in [-0.2, -0.15) is 10.2 Å². The lowest BCUT2D eigenvalue weighted by Gasteiger charge is -2.42. The predicted octanol–water partition coefficient (Wildman–Crippen LogP) is 5.07. The summed E-state index contributed by atoms with van der Waals surface area (Å²) in [4.78, 5) is 21.8. The normalized spacial score (nSPS) is 23.3. The maximum atomic E-state index is 15.1. The van der Waals surface area contributed by atoms with Crippen LogP contribution >= 0.6 is 0 Å². The lowest BCUT2D eigenvalue weighted by atomic mass is 9.65. The zero-order valence-electron chi connectivity index (χ0n) is 21.2. The van der Waals surface area contributed by atoms with Crippen molar-refractivity contribution in [2.75, 3.05) is 0 Å². The molecule has 0 saturated heterocycles. The number of aryl methyl sites for hydroxylation is 1. The van der Waals surface area contributed by atoms with Gasteiger partial charge in [0.2, 0.25) is 0 Å². The fraction of sp³-hybridized carbons (Fsp3) is 0.483. The van der Waals surface area contributed by atoms with E-state index in [0.717, 1.165) is 37.7 Å². The molecular formula is C29H30FN5O3. The SMILES string of the molecule is N#CC1(c2ccc(CCC3(C4CCCC4)CC(O)=C(Cc4nc5ncccn5n4)C(=O)O3)cc2F)CCC1. The number of nitriles is 1. The van der Waals surface area contributed by atoms with E-state index in [4.69, 9.17) is 4.74 Å². The molecule has 1 atom stereocenters. The highest BCUT2D eigenvalue weighted by Crippen LogP contribution is 2.47. The van der Waals surface area contributed by atoms with Crippen LogP contribution in [0.1, 0.15) is 74.7 Å². The summed E-state index contributed by atoms with van der Waals surface area (Å²) in [5.41, 5.74) is -0.0992. The fourth-order valence-corrected chi connectivity index (χ4v) is 6.43. The predicted molar refractivity (Wildman–Crippen MR) is 135 cm³/mol. The van der Waals surface area contributed by atoms with Crippen LogP contribution < -0.4 is 0 Å². The molecule has 38 heavy (non-hydrogen) atoms. The van der Waals surface area contributed by atoms with Crippen LogP contribution in [0.4, 0.5) is 4.39 Å². The summed E-state index contributed by atoms with van der Waals surface area (Å²) in [6.07, 6.45) is 10.9. The number of aliphatic hydroxyl groups excluding tert-OH is 1. The van der Waals surface area contributed by atoms with Gasteiger partial charge < -0.3 is 9.84 Å². The number of aliphatic hydroxyl groups is 1. The number of rotatable bonds is 7. The number of cyclic esters (lactones) is 1. The molecule has 1 aliphatic heterocycles. The maximum Gasteiger partial charge on any atom is 0.338 e. The second-order valence-electron chi connectivity index (χ2n) is 11.0. The molecule has 2 fully saturated rings. The van der Waals surface area contributed by atoms with E-state index >= 15 is 4.39 Å². The van der Waals surface area contributed by atoms with Gasteiger partial charge >= 0.3 is 5.97 Å². The highest BCUT2D eigenvalue weighted by Gasteiger charge is 2.48. The Morgan fingerprint density at radius 1 is 1.24 bits per heavy atom. The number of carbonyl (C=O) groups is 1. The monoisotopic (exact) mass is 515 g/mol. The van der Waals surface area contributed by atoms with Gasteiger partial charge in [-0.1, -0.05) is 25.0 Å². The van der Waals surface area contributed by atoms with Crippen LogP contribution in [-0.2, 0) is 27.8 Å². The molecule has 1 N–H and O–H groups in total. The summed E-state index contributed by atoms with van der Waals surface area (Å²) in [6, 6.07) is 9.19. The number of hydrogen-bond donors (Lipinski definition) is 1. The van der Waals surface area contributed by atoms with Crippen LogP contribution in [-0.4, -0.2) is 36.3 Å². The van der Waals surface area contributed by atoms with Crippen molar-refractivity contribution >= 4 is 11.7 Å². The summed E-state index contributed by atoms with van der Waals surface area (Å²) < 4.78 is 22.8. The van der Waals surface area contributed by atoms with Crippen LogP contribution in [0.5, 0.6) is 0 Å². The quantitative estimate of drug-likeness (QED) is 0.437. The minimum Gasteiger partial charge on any atom is -0.512 e. The van der Waals surface area contributed by atoms with Gasteiger partial charge in [0.1, 0.15) is 17.2 Å². The lowest BCUT2D eigenvalue weighted by Crippen LogP contribution is -2.46. The topological polar surface area (TPSA) is 113 Å². The molecule has 1 aromatic carbocycles. The molecule has 1 unspecified atom stereocenters. The number of hydrogen-bond acceptors (Lipinski definition) is 7. The van der Waals surface area contributed by atoms with Crippen LogP contribution in [0.2, 0.25) is 0 Å². The summed E-state index contributed by atoms with van der Waals surface area (Å²) in [6.45, 7) is 0. The van der Waals surface area contributed by atoms with Gasteiger partial charge in [0.05, 0.1) is 17.1 Å². The largest absolute Gasteiger partial charge is 0.512 e. The third kappa shape index (κ3) is 4.22. The van der Waals surface area contributed by atoms with Crippen LogP contribution in [0.3, 0.4) is 0 Å². The van der Waals surface area contributed by atoms with Gasteiger partial charge in [0.15, 0.2) is 5.82 Å². The molecule has 3 aromatic rings. The Bertz CT molecular complexity index is 1430. The standard InChI is InChI=1S/C29H30FN5O3/c30-23-15-19(7-8-22(23)28(18-31)10-3-11-28)9-12-29(20-5-1-2-6-20)17-24(36)21(26(37)38-29)16-25-33-27-32-13-4-14-35(27)34-25/h4,7-8,13-15,20,36H,1-3,5-6,9-12,16-17H2. The van der Waals surface area contributed by atoms with Crippen molar-refractivity contribution in [2.24, 2.45) is 5.92 Å². The number of nitrogens with zero attached hydrogens (tertiary/aromatic N) is 5. The molecule has 0 radical (unpaired) electrons. The van der Waals surface area contributed by atoms with Crippen molar-refractivity contribution in [3.8, 4) is 6.07 Å². The Labute approximate surface area is 220 Å². The van der Waals surface area contributed by atoms with E-state index in [-0.39, 0.29) is 35.9 Å². The second kappa shape index (κ2) is 9.50. The lowest BCUT2D eigenvalue weighted by molar-refractivity contribution is -0.167. The van der Waals surface area contributed by atoms with Crippen LogP contribution in [0.15, 0.2) is 48.0 Å². The molecule has 196 valence electrons. The first-order valence-electron chi connectivity index (χ1n) is 13.4. The molecule has 8 nitrogen and oxygen atoms in total. The summed E-state index contributed by atoms with van der Waals surface area (Å²) in [5, 5.41) is 25.1. The van der Waals surface area contributed by atoms with Crippen LogP contribution in [0.25, 0.3) is 5.78 Å². The Morgan fingerprint density at radius 2 is 2.05 bits per heavy atom. The zero-order chi connectivity index (χ0) is 26.3. The molecule has 0 spiro atoms. The minimum atomic E-state index is -0.841. The number of halogens is 1. The number of ether oxygens (including phenoxy) is 1.